The molecule has 0 aliphatic carbocycles. The first kappa shape index (κ1) is 14.4. The number of rotatable bonds is 3. The Labute approximate surface area is 117 Å². The van der Waals surface area contributed by atoms with Gasteiger partial charge in [-0.1, -0.05) is 0 Å². The Morgan fingerprint density at radius 3 is 2.48 bits per heavy atom. The van der Waals surface area contributed by atoms with Crippen LogP contribution in [-0.2, 0) is 0 Å². The Balaban J connectivity index is 2.34. The van der Waals surface area contributed by atoms with Gasteiger partial charge in [-0.05, 0) is 24.3 Å². The summed E-state index contributed by atoms with van der Waals surface area (Å²) in [4.78, 5) is 21.7. The fourth-order valence-electron chi connectivity index (χ4n) is 1.63. The first-order chi connectivity index (χ1) is 9.88. The van der Waals surface area contributed by atoms with Gasteiger partial charge in [0.05, 0.1) is 16.2 Å². The molecule has 0 bridgehead atoms. The van der Waals surface area contributed by atoms with Gasteiger partial charge in [-0.3, -0.25) is 14.9 Å². The molecule has 0 unspecified atom stereocenters. The smallest absolute Gasteiger partial charge is 0.270 e. The lowest BCUT2D eigenvalue weighted by atomic mass is 10.1. The second-order valence-electron chi connectivity index (χ2n) is 4.11. The van der Waals surface area contributed by atoms with Gasteiger partial charge in [0, 0.05) is 17.8 Å². The largest absolute Gasteiger partial charge is 0.399 e. The van der Waals surface area contributed by atoms with Gasteiger partial charge >= 0.3 is 0 Å². The number of carbonyl (C=O) groups excluding carboxylic acids is 1. The van der Waals surface area contributed by atoms with Crippen molar-refractivity contribution in [3.8, 4) is 0 Å². The molecule has 0 spiro atoms. The van der Waals surface area contributed by atoms with E-state index in [4.69, 9.17) is 5.73 Å². The van der Waals surface area contributed by atoms with Crippen molar-refractivity contribution in [3.05, 3.63) is 63.7 Å². The Morgan fingerprint density at radius 1 is 1.14 bits per heavy atom. The minimum Gasteiger partial charge on any atom is -0.399 e. The van der Waals surface area contributed by atoms with Crippen molar-refractivity contribution in [2.75, 3.05) is 11.1 Å². The molecule has 0 aliphatic rings. The normalized spacial score (nSPS) is 10.2. The van der Waals surface area contributed by atoms with Crippen LogP contribution in [-0.4, -0.2) is 10.8 Å². The molecule has 2 aromatic carbocycles. The Morgan fingerprint density at radius 2 is 1.81 bits per heavy atom. The fourth-order valence-corrected chi connectivity index (χ4v) is 1.63. The molecule has 1 amide bonds. The predicted octanol–water partition coefficient (Wildman–Crippen LogP) is 2.71. The highest BCUT2D eigenvalue weighted by atomic mass is 19.1. The number of nitro groups is 1. The van der Waals surface area contributed by atoms with Crippen LogP contribution in [0.25, 0.3) is 0 Å². The zero-order valence-corrected chi connectivity index (χ0v) is 10.5. The first-order valence-corrected chi connectivity index (χ1v) is 5.69. The number of amides is 1. The number of nitrogens with one attached hydrogen (secondary N) is 1. The van der Waals surface area contributed by atoms with Gasteiger partial charge in [0.1, 0.15) is 11.6 Å². The summed E-state index contributed by atoms with van der Waals surface area (Å²) in [6.45, 7) is 0. The number of carbonyl (C=O) groups is 1. The lowest BCUT2D eigenvalue weighted by Gasteiger charge is -2.08. The number of nitrogen functional groups attached to an aromatic ring is 1. The summed E-state index contributed by atoms with van der Waals surface area (Å²) in [6, 6.07) is 5.97. The molecule has 0 atom stereocenters. The zero-order chi connectivity index (χ0) is 15.6. The summed E-state index contributed by atoms with van der Waals surface area (Å²) in [5, 5.41) is 12.7. The van der Waals surface area contributed by atoms with E-state index >= 15 is 0 Å². The first-order valence-electron chi connectivity index (χ1n) is 5.69. The van der Waals surface area contributed by atoms with Gasteiger partial charge < -0.3 is 11.1 Å². The third-order valence-corrected chi connectivity index (χ3v) is 2.64. The van der Waals surface area contributed by atoms with Gasteiger partial charge in [0.25, 0.3) is 11.6 Å². The number of hydrogen-bond acceptors (Lipinski definition) is 4. The standard InChI is InChI=1S/C13H9F2N3O3/c14-10-4-2-8(18(20)21)6-9(10)13(19)17-12-5-7(16)1-3-11(12)15/h1-6H,16H2,(H,17,19). The second-order valence-corrected chi connectivity index (χ2v) is 4.11. The van der Waals surface area contributed by atoms with Crippen LogP contribution in [0.4, 0.5) is 25.8 Å². The van der Waals surface area contributed by atoms with Crippen LogP contribution < -0.4 is 11.1 Å². The van der Waals surface area contributed by atoms with Gasteiger partial charge in [0.15, 0.2) is 0 Å². The predicted molar refractivity (Wildman–Crippen MR) is 71.8 cm³/mol. The number of nitrogens with two attached hydrogens (primary N) is 1. The molecule has 0 heterocycles. The monoisotopic (exact) mass is 293 g/mol. The Bertz CT molecular complexity index is 735. The van der Waals surface area contributed by atoms with E-state index in [1.54, 1.807) is 0 Å². The van der Waals surface area contributed by atoms with E-state index < -0.39 is 33.7 Å². The SMILES string of the molecule is Nc1ccc(F)c(NC(=O)c2cc([N+](=O)[O-])ccc2F)c1. The summed E-state index contributed by atoms with van der Waals surface area (Å²) in [6.07, 6.45) is 0. The highest BCUT2D eigenvalue weighted by Gasteiger charge is 2.18. The molecule has 0 fully saturated rings. The number of benzene rings is 2. The summed E-state index contributed by atoms with van der Waals surface area (Å²) >= 11 is 0. The van der Waals surface area contributed by atoms with Crippen LogP contribution in [0.1, 0.15) is 10.4 Å². The highest BCUT2D eigenvalue weighted by Crippen LogP contribution is 2.21. The molecular formula is C13H9F2N3O3. The van der Waals surface area contributed by atoms with Gasteiger partial charge in [-0.25, -0.2) is 8.78 Å². The number of nitro benzene ring substituents is 1. The molecular weight excluding hydrogens is 284 g/mol. The molecule has 0 radical (unpaired) electrons. The van der Waals surface area contributed by atoms with Crippen molar-refractivity contribution in [2.24, 2.45) is 0 Å². The summed E-state index contributed by atoms with van der Waals surface area (Å²) in [5.41, 5.74) is 4.40. The average Bonchev–Trinajstić information content (AvgIpc) is 2.43. The Hall–Kier alpha value is -3.03. The number of non-ortho nitro benzene ring substituents is 1. The van der Waals surface area contributed by atoms with E-state index in [2.05, 4.69) is 5.32 Å². The minimum atomic E-state index is -1.01. The van der Waals surface area contributed by atoms with Crippen molar-refractivity contribution in [1.82, 2.24) is 0 Å². The average molecular weight is 293 g/mol. The topological polar surface area (TPSA) is 98.3 Å². The second kappa shape index (κ2) is 5.53. The molecule has 0 aliphatic heterocycles. The summed E-state index contributed by atoms with van der Waals surface area (Å²) in [7, 11) is 0. The van der Waals surface area contributed by atoms with Crippen molar-refractivity contribution >= 4 is 23.0 Å². The van der Waals surface area contributed by atoms with E-state index in [1.165, 1.54) is 6.07 Å². The quantitative estimate of drug-likeness (QED) is 0.516. The van der Waals surface area contributed by atoms with Gasteiger partial charge in [-0.15, -0.1) is 0 Å². The van der Waals surface area contributed by atoms with Crippen molar-refractivity contribution in [2.45, 2.75) is 0 Å². The molecule has 6 nitrogen and oxygen atoms in total. The van der Waals surface area contributed by atoms with Gasteiger partial charge in [-0.2, -0.15) is 0 Å². The lowest BCUT2D eigenvalue weighted by molar-refractivity contribution is -0.384. The van der Waals surface area contributed by atoms with E-state index in [0.717, 1.165) is 30.3 Å². The number of halogens is 2. The Kier molecular flexibility index (Phi) is 3.79. The number of anilines is 2. The van der Waals surface area contributed by atoms with Crippen LogP contribution in [0.2, 0.25) is 0 Å². The van der Waals surface area contributed by atoms with E-state index in [9.17, 15) is 23.7 Å². The van der Waals surface area contributed by atoms with Crippen molar-refractivity contribution in [1.29, 1.82) is 0 Å². The van der Waals surface area contributed by atoms with E-state index in [0.29, 0.717) is 0 Å². The molecule has 3 N–H and O–H groups in total. The molecule has 0 saturated carbocycles. The van der Waals surface area contributed by atoms with Crippen LogP contribution in [0.3, 0.4) is 0 Å². The third kappa shape index (κ3) is 3.11. The highest BCUT2D eigenvalue weighted by molar-refractivity contribution is 6.05. The molecule has 2 rings (SSSR count). The molecule has 0 aromatic heterocycles. The fraction of sp³-hybridized carbons (Fsp3) is 0. The van der Waals surface area contributed by atoms with E-state index in [1.807, 2.05) is 0 Å². The van der Waals surface area contributed by atoms with Crippen LogP contribution in [0.5, 0.6) is 0 Å². The van der Waals surface area contributed by atoms with Crippen molar-refractivity contribution < 1.29 is 18.5 Å². The number of hydrogen-bond donors (Lipinski definition) is 2. The lowest BCUT2D eigenvalue weighted by Crippen LogP contribution is -2.15. The van der Waals surface area contributed by atoms with Crippen LogP contribution in [0.15, 0.2) is 36.4 Å². The van der Waals surface area contributed by atoms with Crippen molar-refractivity contribution in [3.63, 3.8) is 0 Å². The molecule has 2 aromatic rings. The zero-order valence-electron chi connectivity index (χ0n) is 10.5. The molecule has 0 saturated heterocycles. The van der Waals surface area contributed by atoms with E-state index in [-0.39, 0.29) is 11.4 Å². The summed E-state index contributed by atoms with van der Waals surface area (Å²) < 4.78 is 27.0. The maximum atomic E-state index is 13.6. The van der Waals surface area contributed by atoms with Crippen LogP contribution >= 0.6 is 0 Å². The third-order valence-electron chi connectivity index (χ3n) is 2.64. The van der Waals surface area contributed by atoms with Crippen LogP contribution in [0, 0.1) is 21.7 Å². The summed E-state index contributed by atoms with van der Waals surface area (Å²) in [5.74, 6) is -2.73. The minimum absolute atomic E-state index is 0.200. The van der Waals surface area contributed by atoms with Gasteiger partial charge in [0.2, 0.25) is 0 Å². The molecule has 108 valence electrons. The number of nitrogens with zero attached hydrogens (tertiary/aromatic N) is 1. The molecule has 8 heteroatoms. The maximum absolute atomic E-state index is 13.6. The maximum Gasteiger partial charge on any atom is 0.270 e. The molecule has 21 heavy (non-hydrogen) atoms.